The number of aromatic amines is 1. The molecule has 3 aromatic rings. The molecule has 0 aliphatic carbocycles. The number of hydrogen-bond donors (Lipinski definition) is 3. The minimum absolute atomic E-state index is 0.0633. The number of nitrogens with zero attached hydrogens (tertiary/aromatic N) is 3. The zero-order valence-corrected chi connectivity index (χ0v) is 10.2. The van der Waals surface area contributed by atoms with Crippen LogP contribution in [0.3, 0.4) is 0 Å². The number of H-pyrrole nitrogens is 1. The molecule has 0 aliphatic heterocycles. The fourth-order valence-electron chi connectivity index (χ4n) is 1.70. The standard InChI is InChI=1S/C12H10N6O2/c13-9(19)6-1-3-7(4-2-6)20-11-8-10(16-5-15-8)17-12(14)18-11/h1-5H,(H2,13,19)(H3,14,15,16,17,18). The maximum atomic E-state index is 11.0. The van der Waals surface area contributed by atoms with E-state index >= 15 is 0 Å². The molecule has 100 valence electrons. The molecule has 8 nitrogen and oxygen atoms in total. The molecule has 0 atom stereocenters. The first-order valence-corrected chi connectivity index (χ1v) is 5.68. The van der Waals surface area contributed by atoms with Crippen molar-refractivity contribution in [2.75, 3.05) is 5.73 Å². The summed E-state index contributed by atoms with van der Waals surface area (Å²) in [6.07, 6.45) is 1.47. The van der Waals surface area contributed by atoms with Crippen molar-refractivity contribution in [2.45, 2.75) is 0 Å². The monoisotopic (exact) mass is 270 g/mol. The molecular weight excluding hydrogens is 260 g/mol. The molecule has 0 saturated heterocycles. The van der Waals surface area contributed by atoms with Gasteiger partial charge in [-0.3, -0.25) is 4.79 Å². The third kappa shape index (κ3) is 2.09. The zero-order valence-electron chi connectivity index (χ0n) is 10.2. The Bertz CT molecular complexity index is 780. The summed E-state index contributed by atoms with van der Waals surface area (Å²) in [5, 5.41) is 0. The van der Waals surface area contributed by atoms with E-state index in [1.807, 2.05) is 0 Å². The first-order chi connectivity index (χ1) is 9.63. The van der Waals surface area contributed by atoms with Crippen molar-refractivity contribution in [1.82, 2.24) is 19.9 Å². The van der Waals surface area contributed by atoms with E-state index in [0.717, 1.165) is 0 Å². The van der Waals surface area contributed by atoms with Gasteiger partial charge in [0.2, 0.25) is 11.9 Å². The van der Waals surface area contributed by atoms with Crippen molar-refractivity contribution in [3.05, 3.63) is 36.2 Å². The van der Waals surface area contributed by atoms with E-state index in [0.29, 0.717) is 22.5 Å². The number of nitrogen functional groups attached to an aromatic ring is 1. The first kappa shape index (κ1) is 11.9. The highest BCUT2D eigenvalue weighted by molar-refractivity contribution is 5.92. The van der Waals surface area contributed by atoms with Crippen molar-refractivity contribution >= 4 is 23.0 Å². The smallest absolute Gasteiger partial charge is 0.250 e. The molecule has 1 amide bonds. The highest BCUT2D eigenvalue weighted by atomic mass is 16.5. The van der Waals surface area contributed by atoms with Crippen LogP contribution < -0.4 is 16.2 Å². The summed E-state index contributed by atoms with van der Waals surface area (Å²) in [4.78, 5) is 25.8. The van der Waals surface area contributed by atoms with E-state index in [1.54, 1.807) is 24.3 Å². The molecule has 0 fully saturated rings. The van der Waals surface area contributed by atoms with Crippen LogP contribution in [0.4, 0.5) is 5.95 Å². The number of benzene rings is 1. The van der Waals surface area contributed by atoms with Crippen LogP contribution in [0.5, 0.6) is 11.6 Å². The van der Waals surface area contributed by atoms with Gasteiger partial charge in [-0.15, -0.1) is 0 Å². The molecule has 1 aromatic carbocycles. The lowest BCUT2D eigenvalue weighted by Gasteiger charge is -2.06. The number of nitrogens with two attached hydrogens (primary N) is 2. The number of carbonyl (C=O) groups is 1. The van der Waals surface area contributed by atoms with Gasteiger partial charge in [0.05, 0.1) is 6.33 Å². The largest absolute Gasteiger partial charge is 0.437 e. The summed E-state index contributed by atoms with van der Waals surface area (Å²) < 4.78 is 5.61. The Kier molecular flexibility index (Phi) is 2.68. The van der Waals surface area contributed by atoms with Crippen LogP contribution in [-0.2, 0) is 0 Å². The zero-order chi connectivity index (χ0) is 14.1. The molecule has 20 heavy (non-hydrogen) atoms. The fraction of sp³-hybridized carbons (Fsp3) is 0. The second-order valence-corrected chi connectivity index (χ2v) is 3.98. The number of imidazole rings is 1. The van der Waals surface area contributed by atoms with E-state index in [2.05, 4.69) is 19.9 Å². The number of nitrogens with one attached hydrogen (secondary N) is 1. The van der Waals surface area contributed by atoms with Gasteiger partial charge in [0.25, 0.3) is 5.88 Å². The van der Waals surface area contributed by atoms with Gasteiger partial charge in [0.15, 0.2) is 5.65 Å². The number of fused-ring (bicyclic) bond motifs is 1. The van der Waals surface area contributed by atoms with E-state index < -0.39 is 5.91 Å². The number of carbonyl (C=O) groups excluding carboxylic acids is 1. The van der Waals surface area contributed by atoms with Crippen LogP contribution in [0.2, 0.25) is 0 Å². The van der Waals surface area contributed by atoms with Crippen molar-refractivity contribution in [3.8, 4) is 11.6 Å². The summed E-state index contributed by atoms with van der Waals surface area (Å²) in [5.41, 5.74) is 12.1. The van der Waals surface area contributed by atoms with Crippen LogP contribution in [0.15, 0.2) is 30.6 Å². The summed E-state index contributed by atoms with van der Waals surface area (Å²) >= 11 is 0. The quantitative estimate of drug-likeness (QED) is 0.645. The number of ether oxygens (including phenoxy) is 1. The molecule has 8 heteroatoms. The third-order valence-electron chi connectivity index (χ3n) is 2.62. The van der Waals surface area contributed by atoms with Crippen molar-refractivity contribution in [1.29, 1.82) is 0 Å². The van der Waals surface area contributed by atoms with Crippen molar-refractivity contribution in [3.63, 3.8) is 0 Å². The Hall–Kier alpha value is -3.16. The minimum atomic E-state index is -0.501. The average Bonchev–Trinajstić information content (AvgIpc) is 2.87. The Morgan fingerprint density at radius 3 is 2.65 bits per heavy atom. The molecule has 0 unspecified atom stereocenters. The van der Waals surface area contributed by atoms with E-state index in [4.69, 9.17) is 16.2 Å². The lowest BCUT2D eigenvalue weighted by atomic mass is 10.2. The van der Waals surface area contributed by atoms with Crippen LogP contribution in [0, 0.1) is 0 Å². The second kappa shape index (κ2) is 4.50. The maximum absolute atomic E-state index is 11.0. The van der Waals surface area contributed by atoms with Crippen LogP contribution >= 0.6 is 0 Å². The lowest BCUT2D eigenvalue weighted by molar-refractivity contribution is 0.100. The molecule has 2 heterocycles. The highest BCUT2D eigenvalue weighted by Crippen LogP contribution is 2.25. The molecule has 0 aliphatic rings. The van der Waals surface area contributed by atoms with Gasteiger partial charge >= 0.3 is 0 Å². The lowest BCUT2D eigenvalue weighted by Crippen LogP contribution is -2.10. The maximum Gasteiger partial charge on any atom is 0.250 e. The summed E-state index contributed by atoms with van der Waals surface area (Å²) in [7, 11) is 0. The molecule has 2 aromatic heterocycles. The highest BCUT2D eigenvalue weighted by Gasteiger charge is 2.11. The van der Waals surface area contributed by atoms with Gasteiger partial charge in [0.1, 0.15) is 11.3 Å². The Morgan fingerprint density at radius 2 is 1.95 bits per heavy atom. The second-order valence-electron chi connectivity index (χ2n) is 3.98. The van der Waals surface area contributed by atoms with Crippen molar-refractivity contribution < 1.29 is 9.53 Å². The SMILES string of the molecule is NC(=O)c1ccc(Oc2nc(N)nc3nc[nH]c23)cc1. The van der Waals surface area contributed by atoms with E-state index in [-0.39, 0.29) is 11.8 Å². The molecule has 3 rings (SSSR count). The summed E-state index contributed by atoms with van der Waals surface area (Å²) in [5.74, 6) is 0.313. The summed E-state index contributed by atoms with van der Waals surface area (Å²) in [6.45, 7) is 0. The number of hydrogen-bond acceptors (Lipinski definition) is 6. The van der Waals surface area contributed by atoms with Crippen LogP contribution in [0.1, 0.15) is 10.4 Å². The first-order valence-electron chi connectivity index (χ1n) is 5.68. The van der Waals surface area contributed by atoms with E-state index in [1.165, 1.54) is 6.33 Å². The summed E-state index contributed by atoms with van der Waals surface area (Å²) in [6, 6.07) is 6.35. The van der Waals surface area contributed by atoms with Gasteiger partial charge in [-0.2, -0.15) is 9.97 Å². The molecular formula is C12H10N6O2. The van der Waals surface area contributed by atoms with Crippen LogP contribution in [0.25, 0.3) is 11.2 Å². The Labute approximate surface area is 112 Å². The van der Waals surface area contributed by atoms with Gasteiger partial charge in [0, 0.05) is 5.56 Å². The average molecular weight is 270 g/mol. The number of rotatable bonds is 3. The molecule has 0 radical (unpaired) electrons. The number of amides is 1. The minimum Gasteiger partial charge on any atom is -0.437 e. The molecule has 5 N–H and O–H groups in total. The number of primary amides is 1. The normalized spacial score (nSPS) is 10.6. The van der Waals surface area contributed by atoms with E-state index in [9.17, 15) is 4.79 Å². The van der Waals surface area contributed by atoms with Gasteiger partial charge in [-0.1, -0.05) is 0 Å². The Balaban J connectivity index is 1.96. The predicted molar refractivity (Wildman–Crippen MR) is 71.1 cm³/mol. The topological polar surface area (TPSA) is 133 Å². The third-order valence-corrected chi connectivity index (χ3v) is 2.62. The van der Waals surface area contributed by atoms with Crippen molar-refractivity contribution in [2.24, 2.45) is 5.73 Å². The predicted octanol–water partition coefficient (Wildman–Crippen LogP) is 0.826. The molecule has 0 spiro atoms. The number of anilines is 1. The van der Waals surface area contributed by atoms with Gasteiger partial charge in [-0.25, -0.2) is 4.98 Å². The number of aromatic nitrogens is 4. The van der Waals surface area contributed by atoms with Crippen LogP contribution in [-0.4, -0.2) is 25.8 Å². The van der Waals surface area contributed by atoms with Gasteiger partial charge < -0.3 is 21.2 Å². The molecule has 0 saturated carbocycles. The Morgan fingerprint density at radius 1 is 1.20 bits per heavy atom. The molecule has 0 bridgehead atoms. The van der Waals surface area contributed by atoms with Gasteiger partial charge in [-0.05, 0) is 24.3 Å². The fourth-order valence-corrected chi connectivity index (χ4v) is 1.70.